The number of rotatable bonds is 6. The van der Waals surface area contributed by atoms with Gasteiger partial charge in [-0.3, -0.25) is 0 Å². The van der Waals surface area contributed by atoms with Gasteiger partial charge in [0.25, 0.3) is 0 Å². The van der Waals surface area contributed by atoms with Gasteiger partial charge in [0.1, 0.15) is 18.3 Å². The fourth-order valence-electron chi connectivity index (χ4n) is 1.29. The monoisotopic (exact) mass is 282 g/mol. The number of alkyl halides is 3. The van der Waals surface area contributed by atoms with Gasteiger partial charge in [-0.15, -0.1) is 0 Å². The summed E-state index contributed by atoms with van der Waals surface area (Å²) in [7, 11) is 0. The Kier molecular flexibility index (Phi) is 5.41. The second kappa shape index (κ2) is 6.60. The molecule has 0 aliphatic heterocycles. The molecule has 7 heteroatoms. The number of hydrogen-bond acceptors (Lipinski definition) is 3. The summed E-state index contributed by atoms with van der Waals surface area (Å²) in [6.45, 7) is 0.104. The fraction of sp³-hybridized carbons (Fsp3) is 0.500. The first-order valence-electron chi connectivity index (χ1n) is 5.61. The van der Waals surface area contributed by atoms with Crippen molar-refractivity contribution < 1.29 is 32.1 Å². The largest absolute Gasteiger partial charge is 0.493 e. The van der Waals surface area contributed by atoms with E-state index in [-0.39, 0.29) is 18.1 Å². The molecule has 0 spiro atoms. The van der Waals surface area contributed by atoms with Crippen molar-refractivity contribution in [2.75, 3.05) is 19.8 Å². The minimum absolute atomic E-state index is 0.00406. The van der Waals surface area contributed by atoms with Crippen LogP contribution in [0.4, 0.5) is 17.6 Å². The van der Waals surface area contributed by atoms with Crippen molar-refractivity contribution in [3.05, 3.63) is 24.0 Å². The summed E-state index contributed by atoms with van der Waals surface area (Å²) >= 11 is 0. The quantitative estimate of drug-likeness (QED) is 0.815. The average Bonchev–Trinajstić information content (AvgIpc) is 2.31. The van der Waals surface area contributed by atoms with E-state index in [1.54, 1.807) is 6.92 Å². The van der Waals surface area contributed by atoms with Crippen LogP contribution in [-0.4, -0.2) is 31.1 Å². The summed E-state index contributed by atoms with van der Waals surface area (Å²) in [5.74, 6) is -2.76. The van der Waals surface area contributed by atoms with E-state index >= 15 is 0 Å². The second-order valence-corrected chi connectivity index (χ2v) is 3.76. The van der Waals surface area contributed by atoms with Crippen LogP contribution < -0.4 is 9.47 Å². The molecule has 0 aromatic heterocycles. The van der Waals surface area contributed by atoms with Crippen LogP contribution in [0, 0.1) is 11.7 Å². The van der Waals surface area contributed by atoms with Gasteiger partial charge < -0.3 is 14.6 Å². The molecule has 0 radical (unpaired) electrons. The van der Waals surface area contributed by atoms with Crippen molar-refractivity contribution in [1.29, 1.82) is 0 Å². The van der Waals surface area contributed by atoms with Crippen molar-refractivity contribution in [1.82, 2.24) is 0 Å². The number of benzene rings is 1. The van der Waals surface area contributed by atoms with Crippen molar-refractivity contribution in [2.24, 2.45) is 5.92 Å². The van der Waals surface area contributed by atoms with E-state index in [2.05, 4.69) is 0 Å². The summed E-state index contributed by atoms with van der Waals surface area (Å²) in [5, 5.41) is 8.61. The highest BCUT2D eigenvalue weighted by atomic mass is 19.4. The molecular formula is C12H14F4O3. The molecule has 0 aliphatic carbocycles. The van der Waals surface area contributed by atoms with E-state index in [9.17, 15) is 17.6 Å². The van der Waals surface area contributed by atoms with Crippen LogP contribution in [-0.2, 0) is 0 Å². The smallest absolute Gasteiger partial charge is 0.397 e. The number of ether oxygens (including phenoxy) is 2. The minimum Gasteiger partial charge on any atom is -0.493 e. The zero-order chi connectivity index (χ0) is 14.5. The molecule has 1 N–H and O–H groups in total. The highest BCUT2D eigenvalue weighted by molar-refractivity contribution is 5.33. The van der Waals surface area contributed by atoms with Gasteiger partial charge in [-0.1, -0.05) is 0 Å². The van der Waals surface area contributed by atoms with Gasteiger partial charge >= 0.3 is 6.18 Å². The summed E-state index contributed by atoms with van der Waals surface area (Å²) in [5.41, 5.74) is 0. The van der Waals surface area contributed by atoms with Gasteiger partial charge in [0.05, 0.1) is 13.2 Å². The van der Waals surface area contributed by atoms with Crippen LogP contribution >= 0.6 is 0 Å². The Morgan fingerprint density at radius 1 is 1.26 bits per heavy atom. The maximum Gasteiger partial charge on any atom is 0.397 e. The number of aliphatic hydroxyl groups is 1. The van der Waals surface area contributed by atoms with E-state index in [4.69, 9.17) is 14.6 Å². The van der Waals surface area contributed by atoms with Gasteiger partial charge in [-0.25, -0.2) is 4.39 Å². The molecule has 0 saturated heterocycles. The maximum atomic E-state index is 13.4. The molecule has 1 aromatic carbocycles. The van der Waals surface area contributed by atoms with Crippen molar-refractivity contribution in [2.45, 2.75) is 13.1 Å². The van der Waals surface area contributed by atoms with E-state index in [0.29, 0.717) is 0 Å². The Balaban J connectivity index is 2.65. The molecule has 0 amide bonds. The molecule has 19 heavy (non-hydrogen) atoms. The summed E-state index contributed by atoms with van der Waals surface area (Å²) in [4.78, 5) is 0. The molecular weight excluding hydrogens is 268 g/mol. The number of hydrogen-bond donors (Lipinski definition) is 1. The summed E-state index contributed by atoms with van der Waals surface area (Å²) in [6, 6.07) is 3.52. The Morgan fingerprint density at radius 2 is 1.95 bits per heavy atom. The van der Waals surface area contributed by atoms with Gasteiger partial charge in [-0.05, 0) is 19.1 Å². The molecule has 108 valence electrons. The van der Waals surface area contributed by atoms with E-state index in [0.717, 1.165) is 6.07 Å². The van der Waals surface area contributed by atoms with Crippen molar-refractivity contribution in [3.63, 3.8) is 0 Å². The third-order valence-corrected chi connectivity index (χ3v) is 2.34. The van der Waals surface area contributed by atoms with E-state index < -0.39 is 31.1 Å². The third-order valence-electron chi connectivity index (χ3n) is 2.34. The maximum absolute atomic E-state index is 13.4. The van der Waals surface area contributed by atoms with Crippen molar-refractivity contribution >= 4 is 0 Å². The van der Waals surface area contributed by atoms with Gasteiger partial charge in [0.15, 0.2) is 11.6 Å². The van der Waals surface area contributed by atoms with Crippen LogP contribution in [0.3, 0.4) is 0 Å². The standard InChI is InChI=1S/C12H14F4O3/c1-2-18-11-4-3-9(5-10(11)13)19-7-8(6-17)12(14,15)16/h3-5,8,17H,2,6-7H2,1H3. The van der Waals surface area contributed by atoms with Gasteiger partial charge in [0, 0.05) is 6.07 Å². The van der Waals surface area contributed by atoms with Gasteiger partial charge in [0.2, 0.25) is 0 Å². The first-order chi connectivity index (χ1) is 8.88. The van der Waals surface area contributed by atoms with Crippen LogP contribution in [0.5, 0.6) is 11.5 Å². The van der Waals surface area contributed by atoms with Crippen molar-refractivity contribution in [3.8, 4) is 11.5 Å². The van der Waals surface area contributed by atoms with E-state index in [1.807, 2.05) is 0 Å². The zero-order valence-electron chi connectivity index (χ0n) is 10.2. The second-order valence-electron chi connectivity index (χ2n) is 3.76. The molecule has 1 aromatic rings. The normalized spacial score (nSPS) is 13.2. The molecule has 0 saturated carbocycles. The predicted molar refractivity (Wildman–Crippen MR) is 59.7 cm³/mol. The Labute approximate surface area is 107 Å². The molecule has 0 bridgehead atoms. The first kappa shape index (κ1) is 15.6. The van der Waals surface area contributed by atoms with Crippen LogP contribution in [0.25, 0.3) is 0 Å². The molecule has 0 fully saturated rings. The fourth-order valence-corrected chi connectivity index (χ4v) is 1.29. The lowest BCUT2D eigenvalue weighted by molar-refractivity contribution is -0.190. The Morgan fingerprint density at radius 3 is 2.42 bits per heavy atom. The van der Waals surface area contributed by atoms with Crippen LogP contribution in [0.2, 0.25) is 0 Å². The van der Waals surface area contributed by atoms with Gasteiger partial charge in [-0.2, -0.15) is 13.2 Å². The molecule has 0 heterocycles. The van der Waals surface area contributed by atoms with Crippen LogP contribution in [0.1, 0.15) is 6.92 Å². The minimum atomic E-state index is -4.56. The highest BCUT2D eigenvalue weighted by Crippen LogP contribution is 2.28. The molecule has 1 unspecified atom stereocenters. The number of halogens is 4. The third kappa shape index (κ3) is 4.59. The molecule has 1 rings (SSSR count). The average molecular weight is 282 g/mol. The molecule has 0 aliphatic rings. The Hall–Kier alpha value is -1.50. The highest BCUT2D eigenvalue weighted by Gasteiger charge is 2.39. The van der Waals surface area contributed by atoms with E-state index in [1.165, 1.54) is 12.1 Å². The van der Waals surface area contributed by atoms with Crippen LogP contribution in [0.15, 0.2) is 18.2 Å². The zero-order valence-corrected chi connectivity index (χ0v) is 10.2. The summed E-state index contributed by atoms with van der Waals surface area (Å²) < 4.78 is 60.2. The first-order valence-corrected chi connectivity index (χ1v) is 5.61. The predicted octanol–water partition coefficient (Wildman–Crippen LogP) is 2.77. The lowest BCUT2D eigenvalue weighted by Crippen LogP contribution is -2.31. The lowest BCUT2D eigenvalue weighted by atomic mass is 10.2. The Bertz CT molecular complexity index is 406. The lowest BCUT2D eigenvalue weighted by Gasteiger charge is -2.18. The summed E-state index contributed by atoms with van der Waals surface area (Å²) in [6.07, 6.45) is -4.56. The molecule has 1 atom stereocenters. The molecule has 3 nitrogen and oxygen atoms in total. The SMILES string of the molecule is CCOc1ccc(OCC(CO)C(F)(F)F)cc1F. The number of aliphatic hydroxyl groups excluding tert-OH is 1. The topological polar surface area (TPSA) is 38.7 Å².